The number of hydrogen-bond donors (Lipinski definition) is 1. The van der Waals surface area contributed by atoms with E-state index in [0.29, 0.717) is 0 Å². The Morgan fingerprint density at radius 1 is 1.31 bits per heavy atom. The third-order valence-electron chi connectivity index (χ3n) is 0.972. The van der Waals surface area contributed by atoms with Gasteiger partial charge < -0.3 is 10.1 Å². The number of hydrogen-bond acceptors (Lipinski definition) is 3. The first-order chi connectivity index (χ1) is 5.72. The second-order valence-electron chi connectivity index (χ2n) is 3.66. The topological polar surface area (TPSA) is 55.4 Å². The summed E-state index contributed by atoms with van der Waals surface area (Å²) < 4.78 is 4.95. The summed E-state index contributed by atoms with van der Waals surface area (Å²) in [6.45, 7) is 9.90. The first-order valence-corrected chi connectivity index (χ1v) is 3.92. The van der Waals surface area contributed by atoms with Crippen molar-refractivity contribution in [1.29, 1.82) is 0 Å². The zero-order chi connectivity index (χ0) is 10.6. The summed E-state index contributed by atoms with van der Waals surface area (Å²) in [6, 6.07) is 0. The van der Waals surface area contributed by atoms with Crippen molar-refractivity contribution in [3.05, 3.63) is 12.3 Å². The van der Waals surface area contributed by atoms with Gasteiger partial charge in [0.1, 0.15) is 11.3 Å². The van der Waals surface area contributed by atoms with E-state index < -0.39 is 11.6 Å². The summed E-state index contributed by atoms with van der Waals surface area (Å²) in [4.78, 5) is 21.7. The Kier molecular flexibility index (Phi) is 3.66. The number of carbonyl (C=O) groups excluding carboxylic acids is 2. The monoisotopic (exact) mass is 185 g/mol. The van der Waals surface area contributed by atoms with Crippen LogP contribution in [0.4, 0.5) is 0 Å². The van der Waals surface area contributed by atoms with Crippen LogP contribution in [0.1, 0.15) is 27.7 Å². The van der Waals surface area contributed by atoms with Gasteiger partial charge in [0.15, 0.2) is 0 Å². The van der Waals surface area contributed by atoms with Crippen molar-refractivity contribution in [2.75, 3.05) is 0 Å². The lowest BCUT2D eigenvalue weighted by molar-refractivity contribution is -0.150. The molecule has 0 atom stereocenters. The Balaban J connectivity index is 4.13. The van der Waals surface area contributed by atoms with Crippen LogP contribution in [0.2, 0.25) is 0 Å². The Morgan fingerprint density at radius 3 is 2.08 bits per heavy atom. The fraction of sp³-hybridized carbons (Fsp3) is 0.556. The minimum absolute atomic E-state index is 0.0394. The molecule has 4 heteroatoms. The van der Waals surface area contributed by atoms with Crippen LogP contribution >= 0.6 is 0 Å². The maximum atomic E-state index is 11.2. The molecule has 0 aliphatic heterocycles. The standard InChI is InChI=1S/C9H15NO3/c1-6(10-7(2)11)8(12)13-9(3,4)5/h1H2,2-5H3,(H,10,11). The van der Waals surface area contributed by atoms with Gasteiger partial charge in [0.25, 0.3) is 0 Å². The molecular weight excluding hydrogens is 170 g/mol. The molecule has 1 N–H and O–H groups in total. The van der Waals surface area contributed by atoms with E-state index in [-0.39, 0.29) is 11.6 Å². The molecule has 1 amide bonds. The number of nitrogens with one attached hydrogen (secondary N) is 1. The third-order valence-corrected chi connectivity index (χ3v) is 0.972. The van der Waals surface area contributed by atoms with E-state index in [1.54, 1.807) is 20.8 Å². The third kappa shape index (κ3) is 5.90. The zero-order valence-corrected chi connectivity index (χ0v) is 8.43. The average molecular weight is 185 g/mol. The van der Waals surface area contributed by atoms with Crippen molar-refractivity contribution in [2.24, 2.45) is 0 Å². The lowest BCUT2D eigenvalue weighted by Gasteiger charge is -2.20. The molecule has 0 heterocycles. The van der Waals surface area contributed by atoms with E-state index in [4.69, 9.17) is 4.74 Å². The molecule has 0 fully saturated rings. The van der Waals surface area contributed by atoms with E-state index in [1.165, 1.54) is 6.92 Å². The first kappa shape index (κ1) is 11.7. The normalized spacial score (nSPS) is 10.5. The fourth-order valence-corrected chi connectivity index (χ4v) is 0.603. The minimum atomic E-state index is -0.609. The van der Waals surface area contributed by atoms with Crippen LogP contribution in [0.25, 0.3) is 0 Å². The molecule has 0 aromatic rings. The van der Waals surface area contributed by atoms with Crippen LogP contribution < -0.4 is 5.32 Å². The van der Waals surface area contributed by atoms with Crippen molar-refractivity contribution >= 4 is 11.9 Å². The molecule has 0 radical (unpaired) electrons. The van der Waals surface area contributed by atoms with Gasteiger partial charge >= 0.3 is 5.97 Å². The number of ether oxygens (including phenoxy) is 1. The summed E-state index contributed by atoms with van der Waals surface area (Å²) in [5.41, 5.74) is -0.610. The van der Waals surface area contributed by atoms with Crippen LogP contribution in [0.15, 0.2) is 12.3 Å². The molecule has 0 bridgehead atoms. The van der Waals surface area contributed by atoms with Crippen LogP contribution in [0.5, 0.6) is 0 Å². The molecule has 0 aromatic carbocycles. The highest BCUT2D eigenvalue weighted by Gasteiger charge is 2.18. The Hall–Kier alpha value is -1.32. The van der Waals surface area contributed by atoms with Crippen molar-refractivity contribution in [2.45, 2.75) is 33.3 Å². The first-order valence-electron chi connectivity index (χ1n) is 3.92. The summed E-state index contributed by atoms with van der Waals surface area (Å²) in [7, 11) is 0. The second kappa shape index (κ2) is 4.07. The van der Waals surface area contributed by atoms with Gasteiger partial charge in [-0.25, -0.2) is 4.79 Å². The highest BCUT2D eigenvalue weighted by atomic mass is 16.6. The van der Waals surface area contributed by atoms with Gasteiger partial charge in [-0.3, -0.25) is 4.79 Å². The fourth-order valence-electron chi connectivity index (χ4n) is 0.603. The van der Waals surface area contributed by atoms with Gasteiger partial charge in [0.2, 0.25) is 5.91 Å². The summed E-state index contributed by atoms with van der Waals surface area (Å²) >= 11 is 0. The summed E-state index contributed by atoms with van der Waals surface area (Å²) in [5.74, 6) is -0.946. The predicted octanol–water partition coefficient (Wildman–Crippen LogP) is 0.978. The number of amides is 1. The van der Waals surface area contributed by atoms with Crippen molar-refractivity contribution < 1.29 is 14.3 Å². The molecule has 0 saturated carbocycles. The lowest BCUT2D eigenvalue weighted by Crippen LogP contribution is -2.31. The molecule has 74 valence electrons. The van der Waals surface area contributed by atoms with E-state index in [9.17, 15) is 9.59 Å². The van der Waals surface area contributed by atoms with Gasteiger partial charge in [-0.05, 0) is 20.8 Å². The SMILES string of the molecule is C=C(NC(C)=O)C(=O)OC(C)(C)C. The Labute approximate surface area is 78.0 Å². The zero-order valence-electron chi connectivity index (χ0n) is 8.43. The van der Waals surface area contributed by atoms with Crippen molar-refractivity contribution in [1.82, 2.24) is 5.32 Å². The van der Waals surface area contributed by atoms with E-state index in [1.807, 2.05) is 0 Å². The van der Waals surface area contributed by atoms with E-state index >= 15 is 0 Å². The van der Waals surface area contributed by atoms with Crippen molar-refractivity contribution in [3.63, 3.8) is 0 Å². The molecule has 0 unspecified atom stereocenters. The molecule has 0 aliphatic carbocycles. The number of esters is 1. The summed E-state index contributed by atoms with van der Waals surface area (Å²) in [5, 5.41) is 2.26. The highest BCUT2D eigenvalue weighted by molar-refractivity contribution is 5.92. The minimum Gasteiger partial charge on any atom is -0.455 e. The molecule has 0 saturated heterocycles. The van der Waals surface area contributed by atoms with Gasteiger partial charge in [-0.2, -0.15) is 0 Å². The van der Waals surface area contributed by atoms with Gasteiger partial charge in [-0.15, -0.1) is 0 Å². The second-order valence-corrected chi connectivity index (χ2v) is 3.66. The van der Waals surface area contributed by atoms with Crippen LogP contribution in [0, 0.1) is 0 Å². The maximum Gasteiger partial charge on any atom is 0.354 e. The molecule has 0 aromatic heterocycles. The molecule has 0 spiro atoms. The quantitative estimate of drug-likeness (QED) is 0.515. The number of rotatable bonds is 2. The molecule has 0 aliphatic rings. The Bertz CT molecular complexity index is 238. The average Bonchev–Trinajstić information content (AvgIpc) is 1.81. The largest absolute Gasteiger partial charge is 0.455 e. The molecule has 0 rings (SSSR count). The highest BCUT2D eigenvalue weighted by Crippen LogP contribution is 2.08. The molecule has 4 nitrogen and oxygen atoms in total. The van der Waals surface area contributed by atoms with Crippen LogP contribution in [-0.2, 0) is 14.3 Å². The van der Waals surface area contributed by atoms with E-state index in [0.717, 1.165) is 0 Å². The van der Waals surface area contributed by atoms with Crippen LogP contribution in [-0.4, -0.2) is 17.5 Å². The Morgan fingerprint density at radius 2 is 1.77 bits per heavy atom. The predicted molar refractivity (Wildman–Crippen MR) is 48.8 cm³/mol. The smallest absolute Gasteiger partial charge is 0.354 e. The van der Waals surface area contributed by atoms with Gasteiger partial charge in [0, 0.05) is 6.92 Å². The van der Waals surface area contributed by atoms with E-state index in [2.05, 4.69) is 11.9 Å². The van der Waals surface area contributed by atoms with Crippen LogP contribution in [0.3, 0.4) is 0 Å². The van der Waals surface area contributed by atoms with Gasteiger partial charge in [-0.1, -0.05) is 6.58 Å². The maximum absolute atomic E-state index is 11.2. The molecule has 13 heavy (non-hydrogen) atoms. The lowest BCUT2D eigenvalue weighted by atomic mass is 10.2. The molecular formula is C9H15NO3. The number of carbonyl (C=O) groups is 2. The van der Waals surface area contributed by atoms with Gasteiger partial charge in [0.05, 0.1) is 0 Å². The van der Waals surface area contributed by atoms with Crippen molar-refractivity contribution in [3.8, 4) is 0 Å². The summed E-state index contributed by atoms with van der Waals surface area (Å²) in [6.07, 6.45) is 0.